The lowest BCUT2D eigenvalue weighted by Crippen LogP contribution is -2.36. The third-order valence-corrected chi connectivity index (χ3v) is 8.61. The highest BCUT2D eigenvalue weighted by atomic mass is 35.5. The van der Waals surface area contributed by atoms with E-state index in [0.29, 0.717) is 18.7 Å². The first-order valence-corrected chi connectivity index (χ1v) is 16.2. The number of benzene rings is 1. The fraction of sp³-hybridized carbons (Fsp3) is 0.571. The van der Waals surface area contributed by atoms with Gasteiger partial charge in [-0.05, 0) is 38.8 Å². The molecule has 1 aliphatic rings. The number of aliphatic hydroxyl groups excluding tert-OH is 1. The number of primary amides is 1. The van der Waals surface area contributed by atoms with Crippen molar-refractivity contribution in [2.75, 3.05) is 53.8 Å². The number of nitrogens with one attached hydrogen (secondary N) is 2. The molecule has 14 nitrogen and oxygen atoms in total. The van der Waals surface area contributed by atoms with Gasteiger partial charge in [-0.3, -0.25) is 4.79 Å². The second-order valence-electron chi connectivity index (χ2n) is 12.4. The number of allylic oxidation sites excluding steroid dienone is 2. The predicted octanol–water partition coefficient (Wildman–Crippen LogP) is 4.70. The van der Waals surface area contributed by atoms with Crippen LogP contribution in [-0.4, -0.2) is 100 Å². The van der Waals surface area contributed by atoms with E-state index in [2.05, 4.69) is 10.6 Å². The molecule has 7 atom stereocenters. The molecule has 1 heterocycles. The quantitative estimate of drug-likeness (QED) is 0.184. The second-order valence-corrected chi connectivity index (χ2v) is 12.4. The van der Waals surface area contributed by atoms with Crippen LogP contribution in [0.5, 0.6) is 17.2 Å². The maximum atomic E-state index is 13.4. The molecule has 3 amide bonds. The summed E-state index contributed by atoms with van der Waals surface area (Å²) in [6, 6.07) is 1.31. The number of likely N-dealkylation sites (N-methyl/N-ethyl adjacent to an activating group) is 2. The molecular weight excluding hydrogens is 672 g/mol. The Hall–Kier alpha value is -3.82. The number of phenols is 1. The summed E-state index contributed by atoms with van der Waals surface area (Å²) in [5.74, 6) is -2.17. The number of aliphatic hydroxyl groups is 1. The highest BCUT2D eigenvalue weighted by Gasteiger charge is 2.35. The summed E-state index contributed by atoms with van der Waals surface area (Å²) < 4.78 is 28.6. The third kappa shape index (κ3) is 11.6. The summed E-state index contributed by atoms with van der Waals surface area (Å²) in [6.07, 6.45) is 2.04. The third-order valence-electron chi connectivity index (χ3n) is 8.61. The maximum absolute atomic E-state index is 13.4. The van der Waals surface area contributed by atoms with Gasteiger partial charge in [0.05, 0.1) is 36.7 Å². The Labute approximate surface area is 301 Å². The van der Waals surface area contributed by atoms with Crippen molar-refractivity contribution < 1.29 is 48.3 Å². The van der Waals surface area contributed by atoms with Crippen LogP contribution in [0.2, 0.25) is 0 Å². The number of ether oxygens (including phenoxy) is 5. The Morgan fingerprint density at radius 3 is 2.32 bits per heavy atom. The number of hydrogen-bond donors (Lipinski definition) is 5. The number of carbonyl (C=O) groups excluding carboxylic acids is 3. The Morgan fingerprint density at radius 1 is 1.10 bits per heavy atom. The van der Waals surface area contributed by atoms with E-state index >= 15 is 0 Å². The van der Waals surface area contributed by atoms with Crippen molar-refractivity contribution in [3.63, 3.8) is 0 Å². The van der Waals surface area contributed by atoms with Crippen molar-refractivity contribution in [2.45, 2.75) is 65.5 Å². The van der Waals surface area contributed by atoms with Crippen LogP contribution in [0, 0.1) is 17.8 Å². The molecular formula is C35H55ClN4O10. The molecule has 50 heavy (non-hydrogen) atoms. The normalized spacial score (nSPS) is 27.7. The van der Waals surface area contributed by atoms with E-state index in [4.69, 9.17) is 29.4 Å². The van der Waals surface area contributed by atoms with Crippen LogP contribution < -0.4 is 25.8 Å². The number of hydrogen-bond acceptors (Lipinski definition) is 11. The Morgan fingerprint density at radius 2 is 1.76 bits per heavy atom. The summed E-state index contributed by atoms with van der Waals surface area (Å²) in [5, 5.41) is 28.8. The number of rotatable bonds is 8. The van der Waals surface area contributed by atoms with Gasteiger partial charge in [-0.2, -0.15) is 0 Å². The SMILES string of the molecule is CNCCN(C)C(=O)Oc1cc2c(O)c(c1OC)[C@H](OC)[C@@H](C)C[C@H](OC)[C@H](O)[C@@H](C)/C=C(\C)[C@@H](OC(N)=O)[C@@H](C)/C=C\C=C(/C)C(=O)N2.Cl. The summed E-state index contributed by atoms with van der Waals surface area (Å²) in [7, 11) is 7.64. The number of nitrogens with zero attached hydrogens (tertiary/aromatic N) is 1. The zero-order valence-corrected chi connectivity index (χ0v) is 31.5. The summed E-state index contributed by atoms with van der Waals surface area (Å²) in [4.78, 5) is 39.6. The lowest BCUT2D eigenvalue weighted by Gasteiger charge is -2.32. The molecule has 0 aliphatic carbocycles. The topological polar surface area (TPSA) is 191 Å². The van der Waals surface area contributed by atoms with Gasteiger partial charge < -0.3 is 55.2 Å². The van der Waals surface area contributed by atoms with Crippen molar-refractivity contribution in [2.24, 2.45) is 23.5 Å². The molecule has 0 saturated carbocycles. The first kappa shape index (κ1) is 44.2. The Kier molecular flexibility index (Phi) is 18.4. The van der Waals surface area contributed by atoms with Crippen molar-refractivity contribution >= 4 is 36.2 Å². The number of halogens is 1. The van der Waals surface area contributed by atoms with Gasteiger partial charge in [0.15, 0.2) is 11.5 Å². The van der Waals surface area contributed by atoms with E-state index in [1.54, 1.807) is 46.2 Å². The van der Waals surface area contributed by atoms with E-state index in [9.17, 15) is 24.6 Å². The Bertz CT molecular complexity index is 1400. The monoisotopic (exact) mass is 726 g/mol. The number of phenolic OH excluding ortho intramolecular Hbond substituents is 1. The minimum absolute atomic E-state index is 0. The number of carbonyl (C=O) groups is 3. The number of anilines is 1. The average molecular weight is 727 g/mol. The molecule has 0 aromatic heterocycles. The predicted molar refractivity (Wildman–Crippen MR) is 193 cm³/mol. The van der Waals surface area contributed by atoms with Crippen LogP contribution in [0.1, 0.15) is 52.7 Å². The largest absolute Gasteiger partial charge is 0.505 e. The van der Waals surface area contributed by atoms with Gasteiger partial charge in [0.1, 0.15) is 11.9 Å². The van der Waals surface area contributed by atoms with Gasteiger partial charge in [-0.1, -0.05) is 45.1 Å². The average Bonchev–Trinajstić information content (AvgIpc) is 3.05. The van der Waals surface area contributed by atoms with Crippen molar-refractivity contribution in [3.05, 3.63) is 47.1 Å². The molecule has 1 aromatic carbocycles. The molecule has 2 bridgehead atoms. The molecule has 0 saturated heterocycles. The van der Waals surface area contributed by atoms with Crippen molar-refractivity contribution in [3.8, 4) is 17.2 Å². The van der Waals surface area contributed by atoms with E-state index in [0.717, 1.165) is 0 Å². The number of nitrogens with two attached hydrogens (primary N) is 1. The number of aromatic hydroxyl groups is 1. The molecule has 15 heteroatoms. The first-order chi connectivity index (χ1) is 23.1. The maximum Gasteiger partial charge on any atom is 0.415 e. The van der Waals surface area contributed by atoms with Crippen LogP contribution in [0.4, 0.5) is 15.3 Å². The molecule has 0 unspecified atom stereocenters. The van der Waals surface area contributed by atoms with Gasteiger partial charge in [-0.25, -0.2) is 9.59 Å². The number of amides is 3. The number of methoxy groups -OCH3 is 3. The van der Waals surface area contributed by atoms with Crippen LogP contribution in [0.3, 0.4) is 0 Å². The molecule has 1 aromatic rings. The van der Waals surface area contributed by atoms with Gasteiger partial charge in [0, 0.05) is 57.8 Å². The minimum Gasteiger partial charge on any atom is -0.505 e. The molecule has 0 radical (unpaired) electrons. The smallest absolute Gasteiger partial charge is 0.415 e. The summed E-state index contributed by atoms with van der Waals surface area (Å²) in [6.45, 7) is 9.74. The molecule has 0 fully saturated rings. The fourth-order valence-electron chi connectivity index (χ4n) is 5.80. The van der Waals surface area contributed by atoms with E-state index in [1.165, 1.54) is 32.3 Å². The highest BCUT2D eigenvalue weighted by Crippen LogP contribution is 2.49. The van der Waals surface area contributed by atoms with Gasteiger partial charge in [0.2, 0.25) is 0 Å². The minimum atomic E-state index is -1.00. The van der Waals surface area contributed by atoms with Crippen LogP contribution >= 0.6 is 12.4 Å². The summed E-state index contributed by atoms with van der Waals surface area (Å²) in [5.41, 5.74) is 6.42. The zero-order valence-electron chi connectivity index (χ0n) is 30.6. The van der Waals surface area contributed by atoms with Gasteiger partial charge in [0.25, 0.3) is 5.91 Å². The van der Waals surface area contributed by atoms with Crippen molar-refractivity contribution in [1.29, 1.82) is 0 Å². The zero-order chi connectivity index (χ0) is 37.0. The standard InChI is InChI=1S/C35H54N4O10.ClH/c1-19-12-11-13-20(2)33(42)38-24-18-26(48-35(44)39(7)15-14-37-6)32(47-10)27(29(24)41)31(46-9)23(5)17-25(45-8)28(40)21(3)16-22(4)30(19)49-34(36)43;/h11-13,16,18-19,21,23,25,28,30-31,37,40-41H,14-15,17H2,1-10H3,(H2,36,43)(H,38,42);1H/b12-11-,20-13+,22-16+;/t19-,21-,23-,25-,28+,30-,31+;/m0./s1. The highest BCUT2D eigenvalue weighted by molar-refractivity contribution is 6.04. The second kappa shape index (κ2) is 20.8. The summed E-state index contributed by atoms with van der Waals surface area (Å²) >= 11 is 0. The molecule has 6 N–H and O–H groups in total. The molecule has 1 aliphatic heterocycles. The van der Waals surface area contributed by atoms with E-state index in [-0.39, 0.29) is 58.8 Å². The lowest BCUT2D eigenvalue weighted by atomic mass is 9.85. The van der Waals surface area contributed by atoms with E-state index in [1.807, 2.05) is 26.8 Å². The van der Waals surface area contributed by atoms with Gasteiger partial charge in [-0.15, -0.1) is 12.4 Å². The van der Waals surface area contributed by atoms with Crippen LogP contribution in [0.15, 0.2) is 41.5 Å². The van der Waals surface area contributed by atoms with Crippen LogP contribution in [-0.2, 0) is 19.0 Å². The molecule has 282 valence electrons. The van der Waals surface area contributed by atoms with Crippen LogP contribution in [0.25, 0.3) is 0 Å². The molecule has 0 spiro atoms. The first-order valence-electron chi connectivity index (χ1n) is 16.2. The Balaban J connectivity index is 0.0000125. The van der Waals surface area contributed by atoms with Crippen molar-refractivity contribution in [1.82, 2.24) is 10.2 Å². The van der Waals surface area contributed by atoms with E-state index < -0.39 is 54.3 Å². The van der Waals surface area contributed by atoms with Gasteiger partial charge >= 0.3 is 12.2 Å². The fourth-order valence-corrected chi connectivity index (χ4v) is 5.80. The number of fused-ring (bicyclic) bond motifs is 2. The molecule has 2 rings (SSSR count). The lowest BCUT2D eigenvalue weighted by molar-refractivity contribution is -0.112.